The summed E-state index contributed by atoms with van der Waals surface area (Å²) < 4.78 is 21.3. The van der Waals surface area contributed by atoms with E-state index in [2.05, 4.69) is 15.6 Å². The van der Waals surface area contributed by atoms with Crippen LogP contribution in [0.4, 0.5) is 5.69 Å². The molecule has 0 heterocycles. The van der Waals surface area contributed by atoms with Crippen molar-refractivity contribution in [2.75, 3.05) is 53.0 Å². The predicted molar refractivity (Wildman–Crippen MR) is 131 cm³/mol. The molecule has 0 aliphatic carbocycles. The van der Waals surface area contributed by atoms with Gasteiger partial charge >= 0.3 is 0 Å². The first-order chi connectivity index (χ1) is 14.2. The van der Waals surface area contributed by atoms with Gasteiger partial charge in [-0.05, 0) is 29.8 Å². The van der Waals surface area contributed by atoms with Crippen molar-refractivity contribution >= 4 is 35.6 Å². The maximum atomic E-state index is 5.74. The minimum absolute atomic E-state index is 0. The zero-order valence-electron chi connectivity index (χ0n) is 17.8. The average Bonchev–Trinajstić information content (AvgIpc) is 2.75. The van der Waals surface area contributed by atoms with Crippen LogP contribution in [0.3, 0.4) is 0 Å². The maximum absolute atomic E-state index is 5.74. The Labute approximate surface area is 196 Å². The second-order valence-corrected chi connectivity index (χ2v) is 6.26. The van der Waals surface area contributed by atoms with Crippen LogP contribution >= 0.6 is 24.0 Å². The largest absolute Gasteiger partial charge is 0.493 e. The molecule has 0 radical (unpaired) electrons. The molecule has 0 aliphatic heterocycles. The highest BCUT2D eigenvalue weighted by molar-refractivity contribution is 14.0. The number of hydrogen-bond donors (Lipinski definition) is 2. The van der Waals surface area contributed by atoms with Crippen molar-refractivity contribution < 1.29 is 18.9 Å². The number of benzene rings is 2. The third-order valence-corrected chi connectivity index (χ3v) is 4.02. The van der Waals surface area contributed by atoms with E-state index >= 15 is 0 Å². The number of hydrogen-bond acceptors (Lipinski definition) is 5. The molecule has 0 bridgehead atoms. The lowest BCUT2D eigenvalue weighted by Crippen LogP contribution is -2.30. The van der Waals surface area contributed by atoms with E-state index in [0.29, 0.717) is 38.9 Å². The molecule has 30 heavy (non-hydrogen) atoms. The molecule has 2 aromatic rings. The van der Waals surface area contributed by atoms with Crippen LogP contribution in [0.25, 0.3) is 0 Å². The first kappa shape index (κ1) is 26.0. The number of nitrogens with zero attached hydrogens (tertiary/aromatic N) is 1. The Morgan fingerprint density at radius 2 is 1.60 bits per heavy atom. The van der Waals surface area contributed by atoms with Crippen molar-refractivity contribution in [2.24, 2.45) is 4.99 Å². The molecule has 2 rings (SSSR count). The number of anilines is 1. The number of nitrogens with one attached hydrogen (secondary N) is 2. The minimum Gasteiger partial charge on any atom is -0.493 e. The number of guanidine groups is 1. The molecule has 0 atom stereocenters. The van der Waals surface area contributed by atoms with Gasteiger partial charge in [0.1, 0.15) is 18.1 Å². The molecule has 0 aromatic heterocycles. The van der Waals surface area contributed by atoms with Crippen LogP contribution < -0.4 is 20.1 Å². The lowest BCUT2D eigenvalue weighted by atomic mass is 10.2. The van der Waals surface area contributed by atoms with Crippen LogP contribution in [0, 0.1) is 0 Å². The van der Waals surface area contributed by atoms with E-state index in [-0.39, 0.29) is 24.0 Å². The van der Waals surface area contributed by atoms with Crippen LogP contribution in [-0.2, 0) is 16.0 Å². The zero-order valence-corrected chi connectivity index (χ0v) is 20.2. The highest BCUT2D eigenvalue weighted by Crippen LogP contribution is 2.17. The molecule has 166 valence electrons. The summed E-state index contributed by atoms with van der Waals surface area (Å²) in [7, 11) is 5.09. The minimum atomic E-state index is 0. The predicted octanol–water partition coefficient (Wildman–Crippen LogP) is 3.93. The topological polar surface area (TPSA) is 73.3 Å². The molecule has 0 aliphatic rings. The second-order valence-electron chi connectivity index (χ2n) is 6.26. The SMILES string of the molecule is CN=C(NCc1ccc(OCCOC)cc1)Nc1cccc(OCCCOC)c1.I. The monoisotopic (exact) mass is 529 g/mol. The van der Waals surface area contributed by atoms with Gasteiger partial charge in [0.15, 0.2) is 5.96 Å². The molecular formula is C22H32IN3O4. The molecular weight excluding hydrogens is 497 g/mol. The normalized spacial score (nSPS) is 10.8. The molecule has 0 saturated carbocycles. The summed E-state index contributed by atoms with van der Waals surface area (Å²) in [6.07, 6.45) is 0.855. The van der Waals surface area contributed by atoms with Crippen LogP contribution in [0.5, 0.6) is 11.5 Å². The summed E-state index contributed by atoms with van der Waals surface area (Å²) >= 11 is 0. The maximum Gasteiger partial charge on any atom is 0.195 e. The Bertz CT molecular complexity index is 741. The quantitative estimate of drug-likeness (QED) is 0.188. The molecule has 8 heteroatoms. The number of halogens is 1. The van der Waals surface area contributed by atoms with E-state index in [1.165, 1.54) is 0 Å². The Morgan fingerprint density at radius 3 is 2.30 bits per heavy atom. The number of methoxy groups -OCH3 is 2. The summed E-state index contributed by atoms with van der Waals surface area (Å²) in [5.74, 6) is 2.32. The first-order valence-corrected chi connectivity index (χ1v) is 9.65. The van der Waals surface area contributed by atoms with E-state index < -0.39 is 0 Å². The molecule has 0 amide bonds. The standard InChI is InChI=1S/C22H31N3O4.HI/c1-23-22(24-17-18-8-10-20(11-9-18)29-15-14-27-3)25-19-6-4-7-21(16-19)28-13-5-12-26-2;/h4,6-11,16H,5,12-15,17H2,1-3H3,(H2,23,24,25);1H. The van der Waals surface area contributed by atoms with E-state index in [0.717, 1.165) is 29.2 Å². The van der Waals surface area contributed by atoms with E-state index in [9.17, 15) is 0 Å². The van der Waals surface area contributed by atoms with Gasteiger partial charge in [-0.15, -0.1) is 24.0 Å². The molecule has 2 N–H and O–H groups in total. The highest BCUT2D eigenvalue weighted by atomic mass is 127. The highest BCUT2D eigenvalue weighted by Gasteiger charge is 2.03. The van der Waals surface area contributed by atoms with E-state index in [4.69, 9.17) is 18.9 Å². The summed E-state index contributed by atoms with van der Waals surface area (Å²) in [4.78, 5) is 4.28. The molecule has 0 saturated heterocycles. The van der Waals surface area contributed by atoms with Crippen LogP contribution in [-0.4, -0.2) is 53.7 Å². The van der Waals surface area contributed by atoms with Gasteiger partial charge in [-0.2, -0.15) is 0 Å². The zero-order chi connectivity index (χ0) is 20.7. The fourth-order valence-corrected chi connectivity index (χ4v) is 2.50. The van der Waals surface area contributed by atoms with Crippen molar-refractivity contribution in [1.82, 2.24) is 5.32 Å². The van der Waals surface area contributed by atoms with Crippen LogP contribution in [0.1, 0.15) is 12.0 Å². The van der Waals surface area contributed by atoms with Gasteiger partial charge in [-0.1, -0.05) is 18.2 Å². The molecule has 7 nitrogen and oxygen atoms in total. The molecule has 0 fully saturated rings. The summed E-state index contributed by atoms with van der Waals surface area (Å²) in [5, 5.41) is 6.59. The fraction of sp³-hybridized carbons (Fsp3) is 0.409. The van der Waals surface area contributed by atoms with Gasteiger partial charge in [0.25, 0.3) is 0 Å². The van der Waals surface area contributed by atoms with Gasteiger partial charge in [-0.3, -0.25) is 4.99 Å². The van der Waals surface area contributed by atoms with Crippen molar-refractivity contribution in [3.05, 3.63) is 54.1 Å². The molecule has 0 unspecified atom stereocenters. The van der Waals surface area contributed by atoms with Gasteiger partial charge in [-0.25, -0.2) is 0 Å². The van der Waals surface area contributed by atoms with Crippen molar-refractivity contribution in [2.45, 2.75) is 13.0 Å². The van der Waals surface area contributed by atoms with Gasteiger partial charge in [0.05, 0.1) is 13.2 Å². The third-order valence-electron chi connectivity index (χ3n) is 4.02. The van der Waals surface area contributed by atoms with Crippen molar-refractivity contribution in [3.63, 3.8) is 0 Å². The Morgan fingerprint density at radius 1 is 0.867 bits per heavy atom. The van der Waals surface area contributed by atoms with Gasteiger partial charge in [0.2, 0.25) is 0 Å². The van der Waals surface area contributed by atoms with Crippen LogP contribution in [0.2, 0.25) is 0 Å². The van der Waals surface area contributed by atoms with Gasteiger partial charge in [0, 0.05) is 52.6 Å². The third kappa shape index (κ3) is 10.1. The van der Waals surface area contributed by atoms with E-state index in [1.807, 2.05) is 48.5 Å². The van der Waals surface area contributed by atoms with Crippen molar-refractivity contribution in [1.29, 1.82) is 0 Å². The smallest absolute Gasteiger partial charge is 0.195 e. The van der Waals surface area contributed by atoms with E-state index in [1.54, 1.807) is 21.3 Å². The Hall–Kier alpha value is -2.04. The second kappa shape index (κ2) is 15.8. The Kier molecular flexibility index (Phi) is 13.7. The lowest BCUT2D eigenvalue weighted by molar-refractivity contribution is 0.146. The van der Waals surface area contributed by atoms with Gasteiger partial charge < -0.3 is 29.6 Å². The molecule has 0 spiro atoms. The number of aliphatic imine (C=N–C) groups is 1. The average molecular weight is 529 g/mol. The van der Waals surface area contributed by atoms with Crippen molar-refractivity contribution in [3.8, 4) is 11.5 Å². The molecule has 2 aromatic carbocycles. The summed E-state index contributed by atoms with van der Waals surface area (Å²) in [6.45, 7) is 3.07. The first-order valence-electron chi connectivity index (χ1n) is 9.65. The number of rotatable bonds is 12. The number of ether oxygens (including phenoxy) is 4. The summed E-state index contributed by atoms with van der Waals surface area (Å²) in [6, 6.07) is 15.8. The fourth-order valence-electron chi connectivity index (χ4n) is 2.50. The lowest BCUT2D eigenvalue weighted by Gasteiger charge is -2.13. The summed E-state index contributed by atoms with van der Waals surface area (Å²) in [5.41, 5.74) is 2.03. The van der Waals surface area contributed by atoms with Crippen LogP contribution in [0.15, 0.2) is 53.5 Å². The Balaban J connectivity index is 0.00000450.